The van der Waals surface area contributed by atoms with Gasteiger partial charge in [-0.2, -0.15) is 0 Å². The lowest BCUT2D eigenvalue weighted by atomic mass is 10.2. The van der Waals surface area contributed by atoms with Crippen LogP contribution in [0.1, 0.15) is 17.8 Å². The number of hydrogen-bond donors (Lipinski definition) is 2. The number of likely N-dealkylation sites (N-methyl/N-ethyl adjacent to an activating group) is 1. The Balaban J connectivity index is 2.78. The third kappa shape index (κ3) is 3.02. The van der Waals surface area contributed by atoms with E-state index < -0.39 is 0 Å². The van der Waals surface area contributed by atoms with Gasteiger partial charge in [-0.05, 0) is 44.5 Å². The topological polar surface area (TPSA) is 38.0 Å². The first-order valence-electron chi connectivity index (χ1n) is 4.07. The minimum atomic E-state index is 0.276. The van der Waals surface area contributed by atoms with Crippen molar-refractivity contribution >= 4 is 43.2 Å². The number of halogens is 2. The third-order valence-corrected chi connectivity index (χ3v) is 5.06. The van der Waals surface area contributed by atoms with Gasteiger partial charge in [0.2, 0.25) is 0 Å². The third-order valence-electron chi connectivity index (χ3n) is 1.69. The van der Waals surface area contributed by atoms with Gasteiger partial charge in [0, 0.05) is 15.9 Å². The molecule has 1 rings (SSSR count). The van der Waals surface area contributed by atoms with E-state index in [-0.39, 0.29) is 6.04 Å². The fraction of sp³-hybridized carbons (Fsp3) is 0.500. The van der Waals surface area contributed by atoms with E-state index in [0.29, 0.717) is 6.54 Å². The molecule has 0 aliphatic heterocycles. The maximum absolute atomic E-state index is 5.66. The molecule has 3 N–H and O–H groups in total. The maximum Gasteiger partial charge on any atom is 0.0843 e. The highest BCUT2D eigenvalue weighted by Crippen LogP contribution is 2.35. The minimum Gasteiger partial charge on any atom is -0.329 e. The van der Waals surface area contributed by atoms with Gasteiger partial charge in [0.15, 0.2) is 0 Å². The molecule has 13 heavy (non-hydrogen) atoms. The van der Waals surface area contributed by atoms with E-state index in [1.165, 1.54) is 4.88 Å². The molecule has 0 bridgehead atoms. The summed E-state index contributed by atoms with van der Waals surface area (Å²) in [5.74, 6) is 0. The van der Waals surface area contributed by atoms with Crippen LogP contribution in [0.5, 0.6) is 0 Å². The molecule has 0 saturated carbocycles. The zero-order valence-electron chi connectivity index (χ0n) is 7.31. The van der Waals surface area contributed by atoms with Crippen molar-refractivity contribution in [3.63, 3.8) is 0 Å². The molecular weight excluding hydrogens is 316 g/mol. The predicted octanol–water partition coefficient (Wildman–Crippen LogP) is 2.88. The molecule has 0 spiro atoms. The Morgan fingerprint density at radius 2 is 2.31 bits per heavy atom. The van der Waals surface area contributed by atoms with Crippen molar-refractivity contribution in [3.05, 3.63) is 19.2 Å². The molecule has 0 amide bonds. The molecule has 74 valence electrons. The van der Waals surface area contributed by atoms with Gasteiger partial charge in [-0.3, -0.25) is 0 Å². The molecule has 0 aliphatic carbocycles. The monoisotopic (exact) mass is 326 g/mol. The van der Waals surface area contributed by atoms with Gasteiger partial charge >= 0.3 is 0 Å². The standard InChI is InChI=1S/C8H12Br2N2S/c1-2-12-6(4-11)7-3-5(9)8(10)13-7/h3,6,12H,2,4,11H2,1H3. The van der Waals surface area contributed by atoms with Gasteiger partial charge in [0.1, 0.15) is 0 Å². The van der Waals surface area contributed by atoms with E-state index in [2.05, 4.69) is 50.2 Å². The molecular formula is C8H12Br2N2S. The lowest BCUT2D eigenvalue weighted by Gasteiger charge is -2.12. The van der Waals surface area contributed by atoms with E-state index in [4.69, 9.17) is 5.73 Å². The SMILES string of the molecule is CCNC(CN)c1cc(Br)c(Br)s1. The van der Waals surface area contributed by atoms with Crippen LogP contribution in [0.4, 0.5) is 0 Å². The first kappa shape index (κ1) is 11.7. The maximum atomic E-state index is 5.66. The van der Waals surface area contributed by atoms with E-state index in [1.807, 2.05) is 0 Å². The van der Waals surface area contributed by atoms with Crippen molar-refractivity contribution in [2.45, 2.75) is 13.0 Å². The van der Waals surface area contributed by atoms with Gasteiger partial charge in [0.25, 0.3) is 0 Å². The highest BCUT2D eigenvalue weighted by Gasteiger charge is 2.12. The second kappa shape index (κ2) is 5.46. The summed E-state index contributed by atoms with van der Waals surface area (Å²) in [5.41, 5.74) is 5.66. The quantitative estimate of drug-likeness (QED) is 0.892. The molecule has 1 atom stereocenters. The fourth-order valence-electron chi connectivity index (χ4n) is 1.08. The van der Waals surface area contributed by atoms with Crippen molar-refractivity contribution < 1.29 is 0 Å². The zero-order valence-corrected chi connectivity index (χ0v) is 11.3. The molecule has 0 aromatic carbocycles. The normalized spacial score (nSPS) is 13.2. The Morgan fingerprint density at radius 3 is 2.69 bits per heavy atom. The van der Waals surface area contributed by atoms with Crippen LogP contribution in [-0.4, -0.2) is 13.1 Å². The van der Waals surface area contributed by atoms with Crippen LogP contribution in [-0.2, 0) is 0 Å². The van der Waals surface area contributed by atoms with Crippen molar-refractivity contribution in [2.24, 2.45) is 5.73 Å². The summed E-state index contributed by atoms with van der Waals surface area (Å²) in [5, 5.41) is 3.33. The van der Waals surface area contributed by atoms with Crippen LogP contribution in [0.25, 0.3) is 0 Å². The van der Waals surface area contributed by atoms with E-state index >= 15 is 0 Å². The second-order valence-corrected chi connectivity index (χ2v) is 5.87. The van der Waals surface area contributed by atoms with Crippen molar-refractivity contribution in [3.8, 4) is 0 Å². The Bertz CT molecular complexity index is 256. The van der Waals surface area contributed by atoms with Gasteiger partial charge in [-0.15, -0.1) is 11.3 Å². The summed E-state index contributed by atoms with van der Waals surface area (Å²) in [6.45, 7) is 3.66. The number of nitrogens with one attached hydrogen (secondary N) is 1. The van der Waals surface area contributed by atoms with Crippen LogP contribution in [0.2, 0.25) is 0 Å². The van der Waals surface area contributed by atoms with E-state index in [0.717, 1.165) is 14.8 Å². The second-order valence-electron chi connectivity index (χ2n) is 2.62. The van der Waals surface area contributed by atoms with Crippen LogP contribution in [0, 0.1) is 0 Å². The first-order chi connectivity index (χ1) is 6.19. The van der Waals surface area contributed by atoms with Crippen LogP contribution in [0.15, 0.2) is 14.3 Å². The van der Waals surface area contributed by atoms with E-state index in [1.54, 1.807) is 11.3 Å². The number of rotatable bonds is 4. The van der Waals surface area contributed by atoms with Crippen molar-refractivity contribution in [2.75, 3.05) is 13.1 Å². The molecule has 1 heterocycles. The van der Waals surface area contributed by atoms with Gasteiger partial charge in [-0.1, -0.05) is 6.92 Å². The summed E-state index contributed by atoms with van der Waals surface area (Å²) < 4.78 is 2.22. The number of thiophene rings is 1. The molecule has 1 aromatic heterocycles. The fourth-order valence-corrected chi connectivity index (χ4v) is 3.26. The number of hydrogen-bond acceptors (Lipinski definition) is 3. The summed E-state index contributed by atoms with van der Waals surface area (Å²) in [6, 6.07) is 2.38. The molecule has 0 radical (unpaired) electrons. The smallest absolute Gasteiger partial charge is 0.0843 e. The van der Waals surface area contributed by atoms with Crippen LogP contribution < -0.4 is 11.1 Å². The highest BCUT2D eigenvalue weighted by molar-refractivity contribution is 9.13. The summed E-state index contributed by atoms with van der Waals surface area (Å²) in [6.07, 6.45) is 0. The molecule has 1 unspecified atom stereocenters. The summed E-state index contributed by atoms with van der Waals surface area (Å²) in [4.78, 5) is 1.27. The molecule has 5 heteroatoms. The van der Waals surface area contributed by atoms with Gasteiger partial charge in [-0.25, -0.2) is 0 Å². The Morgan fingerprint density at radius 1 is 1.62 bits per heavy atom. The lowest BCUT2D eigenvalue weighted by molar-refractivity contribution is 0.570. The lowest BCUT2D eigenvalue weighted by Crippen LogP contribution is -2.27. The van der Waals surface area contributed by atoms with Gasteiger partial charge in [0.05, 0.1) is 9.83 Å². The molecule has 1 aromatic rings. The molecule has 0 fully saturated rings. The largest absolute Gasteiger partial charge is 0.329 e. The average molecular weight is 328 g/mol. The summed E-state index contributed by atoms with van der Waals surface area (Å²) in [7, 11) is 0. The Hall–Kier alpha value is 0.580. The van der Waals surface area contributed by atoms with Crippen molar-refractivity contribution in [1.29, 1.82) is 0 Å². The molecule has 0 saturated heterocycles. The first-order valence-corrected chi connectivity index (χ1v) is 6.47. The summed E-state index contributed by atoms with van der Waals surface area (Å²) >= 11 is 8.64. The molecule has 0 aliphatic rings. The minimum absolute atomic E-state index is 0.276. The highest BCUT2D eigenvalue weighted by atomic mass is 79.9. The Labute approximate surface area is 99.2 Å². The van der Waals surface area contributed by atoms with Crippen molar-refractivity contribution in [1.82, 2.24) is 5.32 Å². The van der Waals surface area contributed by atoms with E-state index in [9.17, 15) is 0 Å². The predicted molar refractivity (Wildman–Crippen MR) is 65.2 cm³/mol. The van der Waals surface area contributed by atoms with Crippen LogP contribution in [0.3, 0.4) is 0 Å². The average Bonchev–Trinajstić information content (AvgIpc) is 2.43. The molecule has 2 nitrogen and oxygen atoms in total. The van der Waals surface area contributed by atoms with Crippen LogP contribution >= 0.6 is 43.2 Å². The number of nitrogens with two attached hydrogens (primary N) is 1. The van der Waals surface area contributed by atoms with Gasteiger partial charge < -0.3 is 11.1 Å². The zero-order chi connectivity index (χ0) is 9.84. The Kier molecular flexibility index (Phi) is 4.89.